The summed E-state index contributed by atoms with van der Waals surface area (Å²) in [5.74, 6) is 0.200. The highest BCUT2D eigenvalue weighted by Gasteiger charge is 2.38. The van der Waals surface area contributed by atoms with Gasteiger partial charge in [-0.15, -0.1) is 0 Å². The predicted molar refractivity (Wildman–Crippen MR) is 130 cm³/mol. The standard InChI is InChI=1S/C28H31N3O2/c1-2-3-18-29(28(33)22-13-9-14-22)20-26(32)31-24-16-8-7-15-23(24)30-19-10-17-25(30)27(31)21-11-5-4-6-12-21/h4-8,10-12,15-17,19,22,27H,2-3,9,13-14,18,20H2,1H3. The normalized spacial score (nSPS) is 17.1. The number of nitrogens with zero attached hydrogens (tertiary/aromatic N) is 3. The number of hydrogen-bond acceptors (Lipinski definition) is 2. The Hall–Kier alpha value is -3.34. The van der Waals surface area contributed by atoms with E-state index in [4.69, 9.17) is 0 Å². The topological polar surface area (TPSA) is 45.6 Å². The molecule has 5 rings (SSSR count). The Labute approximate surface area is 195 Å². The summed E-state index contributed by atoms with van der Waals surface area (Å²) in [6.07, 6.45) is 6.96. The molecule has 1 aliphatic heterocycles. The Morgan fingerprint density at radius 2 is 1.67 bits per heavy atom. The highest BCUT2D eigenvalue weighted by atomic mass is 16.2. The summed E-state index contributed by atoms with van der Waals surface area (Å²) in [7, 11) is 0. The van der Waals surface area contributed by atoms with Gasteiger partial charge >= 0.3 is 0 Å². The quantitative estimate of drug-likeness (QED) is 0.497. The number of rotatable bonds is 7. The van der Waals surface area contributed by atoms with E-state index in [0.29, 0.717) is 6.54 Å². The van der Waals surface area contributed by atoms with Gasteiger partial charge in [0.2, 0.25) is 11.8 Å². The van der Waals surface area contributed by atoms with Gasteiger partial charge in [-0.1, -0.05) is 62.2 Å². The lowest BCUT2D eigenvalue weighted by Gasteiger charge is -2.40. The van der Waals surface area contributed by atoms with E-state index in [9.17, 15) is 9.59 Å². The van der Waals surface area contributed by atoms with Crippen LogP contribution in [0.2, 0.25) is 0 Å². The lowest BCUT2D eigenvalue weighted by atomic mass is 9.84. The Morgan fingerprint density at radius 3 is 2.36 bits per heavy atom. The van der Waals surface area contributed by atoms with Gasteiger partial charge in [0.15, 0.2) is 0 Å². The van der Waals surface area contributed by atoms with E-state index in [-0.39, 0.29) is 30.3 Å². The van der Waals surface area contributed by atoms with E-state index in [2.05, 4.69) is 42.0 Å². The number of anilines is 1. The van der Waals surface area contributed by atoms with Crippen molar-refractivity contribution in [3.63, 3.8) is 0 Å². The predicted octanol–water partition coefficient (Wildman–Crippen LogP) is 5.34. The number of hydrogen-bond donors (Lipinski definition) is 0. The minimum Gasteiger partial charge on any atom is -0.333 e. The van der Waals surface area contributed by atoms with Crippen molar-refractivity contribution in [2.24, 2.45) is 5.92 Å². The smallest absolute Gasteiger partial charge is 0.247 e. The fraction of sp³-hybridized carbons (Fsp3) is 0.357. The SMILES string of the molecule is CCCCN(CC(=O)N1c2ccccc2-n2cccc2C1c1ccccc1)C(=O)C1CCC1. The molecule has 0 saturated heterocycles. The van der Waals surface area contributed by atoms with Crippen LogP contribution >= 0.6 is 0 Å². The van der Waals surface area contributed by atoms with Crippen molar-refractivity contribution in [2.45, 2.75) is 45.1 Å². The third-order valence-corrected chi connectivity index (χ3v) is 6.98. The van der Waals surface area contributed by atoms with Crippen molar-refractivity contribution in [1.29, 1.82) is 0 Å². The van der Waals surface area contributed by atoms with Gasteiger partial charge in [-0.25, -0.2) is 0 Å². The van der Waals surface area contributed by atoms with Gasteiger partial charge in [-0.3, -0.25) is 14.5 Å². The minimum absolute atomic E-state index is 0.0347. The summed E-state index contributed by atoms with van der Waals surface area (Å²) < 4.78 is 2.17. The van der Waals surface area contributed by atoms with Gasteiger partial charge in [-0.2, -0.15) is 0 Å². The summed E-state index contributed by atoms with van der Waals surface area (Å²) in [4.78, 5) is 30.9. The number of carbonyl (C=O) groups excluding carboxylic acids is 2. The van der Waals surface area contributed by atoms with Gasteiger partial charge in [0.25, 0.3) is 0 Å². The van der Waals surface area contributed by atoms with Crippen LogP contribution < -0.4 is 4.90 Å². The molecule has 33 heavy (non-hydrogen) atoms. The van der Waals surface area contributed by atoms with Gasteiger partial charge in [0, 0.05) is 18.7 Å². The molecule has 1 atom stereocenters. The summed E-state index contributed by atoms with van der Waals surface area (Å²) >= 11 is 0. The first-order valence-corrected chi connectivity index (χ1v) is 12.1. The Morgan fingerprint density at radius 1 is 0.939 bits per heavy atom. The van der Waals surface area contributed by atoms with Crippen molar-refractivity contribution in [1.82, 2.24) is 9.47 Å². The molecule has 0 radical (unpaired) electrons. The number of benzene rings is 2. The molecule has 170 valence electrons. The van der Waals surface area contributed by atoms with Gasteiger partial charge in [0.1, 0.15) is 12.6 Å². The molecule has 2 aliphatic rings. The number of aromatic nitrogens is 1. The Bertz CT molecular complexity index is 1130. The van der Waals surface area contributed by atoms with E-state index >= 15 is 0 Å². The Kier molecular flexibility index (Phi) is 6.03. The number of fused-ring (bicyclic) bond motifs is 3. The fourth-order valence-electron chi connectivity index (χ4n) is 4.98. The maximum absolute atomic E-state index is 14.0. The van der Waals surface area contributed by atoms with Crippen LogP contribution in [0.25, 0.3) is 5.69 Å². The van der Waals surface area contributed by atoms with E-state index in [1.165, 1.54) is 0 Å². The van der Waals surface area contributed by atoms with Crippen LogP contribution in [0.5, 0.6) is 0 Å². The third-order valence-electron chi connectivity index (χ3n) is 6.98. The van der Waals surface area contributed by atoms with Crippen LogP contribution in [0.4, 0.5) is 5.69 Å². The average Bonchev–Trinajstić information content (AvgIpc) is 3.30. The zero-order valence-corrected chi connectivity index (χ0v) is 19.2. The van der Waals surface area contributed by atoms with E-state index in [0.717, 1.165) is 54.7 Å². The molecule has 5 heteroatoms. The highest BCUT2D eigenvalue weighted by molar-refractivity contribution is 6.00. The van der Waals surface area contributed by atoms with Crippen molar-refractivity contribution >= 4 is 17.5 Å². The lowest BCUT2D eigenvalue weighted by Crippen LogP contribution is -2.48. The molecule has 1 aliphatic carbocycles. The largest absolute Gasteiger partial charge is 0.333 e. The van der Waals surface area contributed by atoms with Crippen LogP contribution in [0.1, 0.15) is 56.3 Å². The maximum atomic E-state index is 14.0. The molecule has 1 fully saturated rings. The average molecular weight is 442 g/mol. The van der Waals surface area contributed by atoms with Crippen molar-refractivity contribution < 1.29 is 9.59 Å². The summed E-state index contributed by atoms with van der Waals surface area (Å²) in [5, 5.41) is 0. The second-order valence-corrected chi connectivity index (χ2v) is 9.11. The van der Waals surface area contributed by atoms with Gasteiger partial charge in [-0.05, 0) is 49.1 Å². The molecular weight excluding hydrogens is 410 g/mol. The number of unbranched alkanes of at least 4 members (excludes halogenated alkanes) is 1. The van der Waals surface area contributed by atoms with E-state index in [1.54, 1.807) is 0 Å². The van der Waals surface area contributed by atoms with Crippen molar-refractivity contribution in [3.05, 3.63) is 84.2 Å². The second-order valence-electron chi connectivity index (χ2n) is 9.11. The second kappa shape index (κ2) is 9.26. The lowest BCUT2D eigenvalue weighted by molar-refractivity contribution is -0.141. The number of para-hydroxylation sites is 2. The molecule has 1 unspecified atom stereocenters. The van der Waals surface area contributed by atoms with Crippen LogP contribution in [-0.2, 0) is 9.59 Å². The molecule has 1 saturated carbocycles. The highest BCUT2D eigenvalue weighted by Crippen LogP contribution is 2.42. The summed E-state index contributed by atoms with van der Waals surface area (Å²) in [6.45, 7) is 2.88. The first kappa shape index (κ1) is 21.5. The summed E-state index contributed by atoms with van der Waals surface area (Å²) in [6, 6.07) is 22.1. The van der Waals surface area contributed by atoms with E-state index < -0.39 is 0 Å². The van der Waals surface area contributed by atoms with Gasteiger partial charge < -0.3 is 9.47 Å². The van der Waals surface area contributed by atoms with Crippen LogP contribution in [-0.4, -0.2) is 34.4 Å². The van der Waals surface area contributed by atoms with Crippen LogP contribution in [0, 0.1) is 5.92 Å². The molecule has 0 bridgehead atoms. The van der Waals surface area contributed by atoms with Crippen LogP contribution in [0.15, 0.2) is 72.9 Å². The van der Waals surface area contributed by atoms with Crippen molar-refractivity contribution in [3.8, 4) is 5.69 Å². The van der Waals surface area contributed by atoms with E-state index in [1.807, 2.05) is 52.3 Å². The maximum Gasteiger partial charge on any atom is 0.247 e. The number of carbonyl (C=O) groups is 2. The molecule has 5 nitrogen and oxygen atoms in total. The summed E-state index contributed by atoms with van der Waals surface area (Å²) in [5.41, 5.74) is 3.99. The molecule has 1 aromatic heterocycles. The molecule has 2 heterocycles. The molecular formula is C28H31N3O2. The first-order chi connectivity index (χ1) is 16.2. The van der Waals surface area contributed by atoms with Gasteiger partial charge in [0.05, 0.1) is 17.1 Å². The molecule has 0 N–H and O–H groups in total. The minimum atomic E-state index is -0.240. The van der Waals surface area contributed by atoms with Crippen LogP contribution in [0.3, 0.4) is 0 Å². The molecule has 2 amide bonds. The zero-order valence-electron chi connectivity index (χ0n) is 19.2. The molecule has 2 aromatic carbocycles. The molecule has 0 spiro atoms. The fourth-order valence-corrected chi connectivity index (χ4v) is 4.98. The first-order valence-electron chi connectivity index (χ1n) is 12.1. The number of amides is 2. The third kappa shape index (κ3) is 3.97. The molecule has 3 aromatic rings. The Balaban J connectivity index is 1.53. The van der Waals surface area contributed by atoms with Crippen molar-refractivity contribution in [2.75, 3.05) is 18.0 Å². The monoisotopic (exact) mass is 441 g/mol. The zero-order chi connectivity index (χ0) is 22.8.